The number of nitrogens with zero attached hydrogens (tertiary/aromatic N) is 3. The first-order valence-electron chi connectivity index (χ1n) is 6.59. The smallest absolute Gasteiger partial charge is 0.226 e. The Bertz CT molecular complexity index is 345. The fourth-order valence-electron chi connectivity index (χ4n) is 2.39. The maximum atomic E-state index is 5.79. The summed E-state index contributed by atoms with van der Waals surface area (Å²) in [6, 6.07) is 0.483. The van der Waals surface area contributed by atoms with E-state index >= 15 is 0 Å². The maximum Gasteiger partial charge on any atom is 0.226 e. The van der Waals surface area contributed by atoms with Gasteiger partial charge in [0.2, 0.25) is 5.89 Å². The van der Waals surface area contributed by atoms with Crippen LogP contribution < -0.4 is 5.73 Å². The van der Waals surface area contributed by atoms with E-state index in [1.807, 2.05) is 0 Å². The van der Waals surface area contributed by atoms with E-state index in [-0.39, 0.29) is 12.4 Å². The molecule has 1 aliphatic heterocycles. The zero-order valence-electron chi connectivity index (χ0n) is 11.0. The Balaban J connectivity index is 0.00000162. The molecule has 1 atom stereocenters. The molecule has 1 unspecified atom stereocenters. The number of aryl methyl sites for hydroxylation is 1. The molecule has 2 N–H and O–H groups in total. The third-order valence-corrected chi connectivity index (χ3v) is 3.34. The highest BCUT2D eigenvalue weighted by atomic mass is 35.5. The van der Waals surface area contributed by atoms with E-state index in [4.69, 9.17) is 10.3 Å². The number of halogens is 1. The van der Waals surface area contributed by atoms with E-state index in [2.05, 4.69) is 22.0 Å². The van der Waals surface area contributed by atoms with E-state index in [0.29, 0.717) is 6.04 Å². The van der Waals surface area contributed by atoms with Crippen LogP contribution in [0.3, 0.4) is 0 Å². The summed E-state index contributed by atoms with van der Waals surface area (Å²) in [6.45, 7) is 4.70. The topological polar surface area (TPSA) is 68.2 Å². The quantitative estimate of drug-likeness (QED) is 0.886. The predicted molar refractivity (Wildman–Crippen MR) is 72.6 cm³/mol. The summed E-state index contributed by atoms with van der Waals surface area (Å²) in [5.41, 5.74) is 5.79. The highest BCUT2D eigenvalue weighted by Gasteiger charge is 2.22. The van der Waals surface area contributed by atoms with Crippen LogP contribution >= 0.6 is 12.4 Å². The number of hydrogen-bond donors (Lipinski definition) is 1. The average molecular weight is 275 g/mol. The van der Waals surface area contributed by atoms with Gasteiger partial charge in [0.1, 0.15) is 0 Å². The second kappa shape index (κ2) is 7.71. The molecular formula is C12H23ClN4O. The van der Waals surface area contributed by atoms with Gasteiger partial charge >= 0.3 is 0 Å². The standard InChI is InChI=1S/C12H22N4O.ClH/c1-2-5-12-14-11(15-17-12)9-16-7-4-3-6-10(16)8-13;/h10H,2-9,13H2,1H3;1H. The minimum absolute atomic E-state index is 0. The van der Waals surface area contributed by atoms with E-state index in [0.717, 1.165) is 44.2 Å². The summed E-state index contributed by atoms with van der Waals surface area (Å²) in [7, 11) is 0. The Morgan fingerprint density at radius 1 is 1.44 bits per heavy atom. The molecule has 1 aliphatic rings. The molecule has 1 fully saturated rings. The van der Waals surface area contributed by atoms with Crippen LogP contribution in [0.25, 0.3) is 0 Å². The lowest BCUT2D eigenvalue weighted by atomic mass is 10.0. The van der Waals surface area contributed by atoms with E-state index in [1.165, 1.54) is 19.3 Å². The highest BCUT2D eigenvalue weighted by Crippen LogP contribution is 2.18. The molecule has 0 aliphatic carbocycles. The van der Waals surface area contributed by atoms with Gasteiger partial charge in [0.15, 0.2) is 5.82 Å². The Hall–Kier alpha value is -0.650. The number of rotatable bonds is 5. The van der Waals surface area contributed by atoms with Gasteiger partial charge in [-0.15, -0.1) is 12.4 Å². The Morgan fingerprint density at radius 3 is 3.00 bits per heavy atom. The second-order valence-electron chi connectivity index (χ2n) is 4.71. The molecule has 0 bridgehead atoms. The largest absolute Gasteiger partial charge is 0.339 e. The van der Waals surface area contributed by atoms with Gasteiger partial charge in [-0.05, 0) is 25.8 Å². The Morgan fingerprint density at radius 2 is 2.28 bits per heavy atom. The van der Waals surface area contributed by atoms with Crippen molar-refractivity contribution in [2.75, 3.05) is 13.1 Å². The van der Waals surface area contributed by atoms with Crippen LogP contribution in [0, 0.1) is 0 Å². The molecule has 0 aromatic carbocycles. The van der Waals surface area contributed by atoms with Crippen LogP contribution in [0.5, 0.6) is 0 Å². The molecule has 1 aromatic rings. The first-order valence-corrected chi connectivity index (χ1v) is 6.59. The SMILES string of the molecule is CCCc1nc(CN2CCCCC2CN)no1.Cl. The fraction of sp³-hybridized carbons (Fsp3) is 0.833. The van der Waals surface area contributed by atoms with Crippen LogP contribution in [0.4, 0.5) is 0 Å². The molecular weight excluding hydrogens is 252 g/mol. The van der Waals surface area contributed by atoms with Crippen molar-refractivity contribution in [1.29, 1.82) is 0 Å². The third kappa shape index (κ3) is 3.93. The van der Waals surface area contributed by atoms with Crippen molar-refractivity contribution >= 4 is 12.4 Å². The third-order valence-electron chi connectivity index (χ3n) is 3.34. The number of hydrogen-bond acceptors (Lipinski definition) is 5. The summed E-state index contributed by atoms with van der Waals surface area (Å²) < 4.78 is 5.20. The first-order chi connectivity index (χ1) is 8.33. The van der Waals surface area contributed by atoms with Gasteiger partial charge in [-0.1, -0.05) is 18.5 Å². The highest BCUT2D eigenvalue weighted by molar-refractivity contribution is 5.85. The molecule has 0 radical (unpaired) electrons. The molecule has 18 heavy (non-hydrogen) atoms. The van der Waals surface area contributed by atoms with Crippen LogP contribution in [-0.2, 0) is 13.0 Å². The van der Waals surface area contributed by atoms with Gasteiger partial charge in [0, 0.05) is 19.0 Å². The molecule has 2 heterocycles. The minimum atomic E-state index is 0. The summed E-state index contributed by atoms with van der Waals surface area (Å²) in [4.78, 5) is 6.78. The average Bonchev–Trinajstić information content (AvgIpc) is 2.78. The lowest BCUT2D eigenvalue weighted by molar-refractivity contribution is 0.140. The normalized spacial score (nSPS) is 20.7. The summed E-state index contributed by atoms with van der Waals surface area (Å²) in [6.07, 6.45) is 5.63. The van der Waals surface area contributed by atoms with Gasteiger partial charge in [-0.25, -0.2) is 0 Å². The first kappa shape index (κ1) is 15.4. The molecule has 6 heteroatoms. The van der Waals surface area contributed by atoms with Crippen LogP contribution in [0.2, 0.25) is 0 Å². The number of aromatic nitrogens is 2. The number of likely N-dealkylation sites (tertiary alicyclic amines) is 1. The molecule has 0 amide bonds. The fourth-order valence-corrected chi connectivity index (χ4v) is 2.39. The van der Waals surface area contributed by atoms with Gasteiger partial charge in [-0.2, -0.15) is 4.98 Å². The molecule has 2 rings (SSSR count). The van der Waals surface area contributed by atoms with Crippen LogP contribution in [0.1, 0.15) is 44.3 Å². The van der Waals surface area contributed by atoms with Crippen molar-refractivity contribution in [2.45, 2.75) is 51.6 Å². The molecule has 104 valence electrons. The lowest BCUT2D eigenvalue weighted by Gasteiger charge is -2.33. The van der Waals surface area contributed by atoms with Gasteiger partial charge < -0.3 is 10.3 Å². The maximum absolute atomic E-state index is 5.79. The van der Waals surface area contributed by atoms with Gasteiger partial charge in [-0.3, -0.25) is 4.90 Å². The van der Waals surface area contributed by atoms with E-state index in [9.17, 15) is 0 Å². The Kier molecular flexibility index (Phi) is 6.60. The van der Waals surface area contributed by atoms with E-state index < -0.39 is 0 Å². The second-order valence-corrected chi connectivity index (χ2v) is 4.71. The molecule has 5 nitrogen and oxygen atoms in total. The van der Waals surface area contributed by atoms with Gasteiger partial charge in [0.05, 0.1) is 6.54 Å². The zero-order valence-corrected chi connectivity index (χ0v) is 11.8. The van der Waals surface area contributed by atoms with Gasteiger partial charge in [0.25, 0.3) is 0 Å². The van der Waals surface area contributed by atoms with Crippen molar-refractivity contribution in [3.8, 4) is 0 Å². The lowest BCUT2D eigenvalue weighted by Crippen LogP contribution is -2.43. The number of nitrogens with two attached hydrogens (primary N) is 1. The molecule has 0 spiro atoms. The predicted octanol–water partition coefficient (Wildman–Crippen LogP) is 1.76. The van der Waals surface area contributed by atoms with E-state index in [1.54, 1.807) is 0 Å². The summed E-state index contributed by atoms with van der Waals surface area (Å²) in [5.74, 6) is 1.55. The van der Waals surface area contributed by atoms with Crippen molar-refractivity contribution in [2.24, 2.45) is 5.73 Å². The zero-order chi connectivity index (χ0) is 12.1. The van der Waals surface area contributed by atoms with Crippen molar-refractivity contribution in [1.82, 2.24) is 15.0 Å². The monoisotopic (exact) mass is 274 g/mol. The van der Waals surface area contributed by atoms with Crippen LogP contribution in [-0.4, -0.2) is 34.2 Å². The van der Waals surface area contributed by atoms with Crippen molar-refractivity contribution < 1.29 is 4.52 Å². The summed E-state index contributed by atoms with van der Waals surface area (Å²) in [5, 5.41) is 4.03. The Labute approximate surface area is 115 Å². The minimum Gasteiger partial charge on any atom is -0.339 e. The van der Waals surface area contributed by atoms with Crippen molar-refractivity contribution in [3.05, 3.63) is 11.7 Å². The van der Waals surface area contributed by atoms with Crippen LogP contribution in [0.15, 0.2) is 4.52 Å². The number of piperidine rings is 1. The van der Waals surface area contributed by atoms with Crippen molar-refractivity contribution in [3.63, 3.8) is 0 Å². The molecule has 1 saturated heterocycles. The molecule has 0 saturated carbocycles. The molecule has 1 aromatic heterocycles. The summed E-state index contributed by atoms with van der Waals surface area (Å²) >= 11 is 0.